The third kappa shape index (κ3) is 6.05. The highest BCUT2D eigenvalue weighted by atomic mass is 127. The maximum Gasteiger partial charge on any atom is 0.344 e. The lowest BCUT2D eigenvalue weighted by Crippen LogP contribution is -2.27. The smallest absolute Gasteiger partial charge is 0.344 e. The fourth-order valence-corrected chi connectivity index (χ4v) is 5.27. The number of benzene rings is 3. The Kier molecular flexibility index (Phi) is 8.61. The van der Waals surface area contributed by atoms with Crippen molar-refractivity contribution in [3.63, 3.8) is 0 Å². The van der Waals surface area contributed by atoms with E-state index < -0.39 is 17.1 Å². The second kappa shape index (κ2) is 11.7. The van der Waals surface area contributed by atoms with Crippen LogP contribution in [0.5, 0.6) is 11.5 Å². The number of esters is 1. The van der Waals surface area contributed by atoms with E-state index in [2.05, 4.69) is 22.6 Å². The second-order valence-electron chi connectivity index (χ2n) is 7.51. The summed E-state index contributed by atoms with van der Waals surface area (Å²) < 4.78 is 12.0. The Morgan fingerprint density at radius 1 is 1.06 bits per heavy atom. The number of hydrogen-bond donors (Lipinski definition) is 0. The zero-order chi connectivity index (χ0) is 25.8. The van der Waals surface area contributed by atoms with E-state index >= 15 is 0 Å². The molecule has 3 aromatic rings. The molecule has 0 radical (unpaired) electrons. The number of hydrogen-bond acceptors (Lipinski definition) is 6. The van der Waals surface area contributed by atoms with E-state index in [1.54, 1.807) is 54.6 Å². The molecule has 3 aromatic carbocycles. The van der Waals surface area contributed by atoms with Crippen molar-refractivity contribution in [2.75, 3.05) is 6.61 Å². The summed E-state index contributed by atoms with van der Waals surface area (Å²) in [5, 5.41) is 0.447. The first-order valence-electron chi connectivity index (χ1n) is 10.7. The van der Waals surface area contributed by atoms with E-state index in [0.29, 0.717) is 39.1 Å². The summed E-state index contributed by atoms with van der Waals surface area (Å²) >= 11 is 15.1. The van der Waals surface area contributed by atoms with Crippen LogP contribution in [-0.2, 0) is 11.3 Å². The minimum atomic E-state index is -0.504. The first-order chi connectivity index (χ1) is 17.3. The Bertz CT molecular complexity index is 1390. The normalized spacial score (nSPS) is 14.4. The van der Waals surface area contributed by atoms with E-state index in [-0.39, 0.29) is 17.2 Å². The van der Waals surface area contributed by atoms with Gasteiger partial charge in [0.25, 0.3) is 11.1 Å². The fourth-order valence-electron chi connectivity index (χ4n) is 3.36. The van der Waals surface area contributed by atoms with Gasteiger partial charge in [-0.1, -0.05) is 47.5 Å². The molecule has 0 atom stereocenters. The highest BCUT2D eigenvalue weighted by Gasteiger charge is 2.35. The Balaban J connectivity index is 1.55. The molecule has 2 amide bonds. The van der Waals surface area contributed by atoms with Crippen molar-refractivity contribution in [2.24, 2.45) is 0 Å². The summed E-state index contributed by atoms with van der Waals surface area (Å²) in [5.74, 6) is -0.333. The Labute approximate surface area is 235 Å². The van der Waals surface area contributed by atoms with Crippen LogP contribution in [0.4, 0.5) is 4.79 Å². The van der Waals surface area contributed by atoms with Crippen LogP contribution in [0.3, 0.4) is 0 Å². The minimum absolute atomic E-state index is 0.0371. The highest BCUT2D eigenvalue weighted by Crippen LogP contribution is 2.36. The molecule has 1 aliphatic rings. The van der Waals surface area contributed by atoms with Crippen LogP contribution >= 0.6 is 57.6 Å². The summed E-state index contributed by atoms with van der Waals surface area (Å²) in [6, 6.07) is 16.9. The Morgan fingerprint density at radius 3 is 2.56 bits per heavy atom. The van der Waals surface area contributed by atoms with Crippen molar-refractivity contribution >= 4 is 80.7 Å². The lowest BCUT2D eigenvalue weighted by atomic mass is 10.1. The molecule has 0 aromatic heterocycles. The number of amides is 2. The summed E-state index contributed by atoms with van der Waals surface area (Å²) in [6.07, 6.45) is 1.60. The van der Waals surface area contributed by atoms with E-state index in [1.165, 1.54) is 0 Å². The van der Waals surface area contributed by atoms with Gasteiger partial charge in [-0.05, 0) is 94.9 Å². The standard InChI is InChI=1S/C26H18Cl2INO5S/c1-2-34-22-11-15(7-10-21(22)35-25(32)18-5-3-4-6-20(18)29)12-23-24(31)30(26(33)36-23)14-16-8-9-17(27)13-19(16)28/h3-13H,2,14H2,1H3/b23-12-. The van der Waals surface area contributed by atoms with Crippen LogP contribution < -0.4 is 9.47 Å². The number of carbonyl (C=O) groups excluding carboxylic acids is 3. The van der Waals surface area contributed by atoms with Gasteiger partial charge in [0, 0.05) is 13.6 Å². The molecule has 0 unspecified atom stereocenters. The number of imide groups is 1. The zero-order valence-corrected chi connectivity index (χ0v) is 23.3. The number of halogens is 3. The predicted octanol–water partition coefficient (Wildman–Crippen LogP) is 7.45. The first-order valence-corrected chi connectivity index (χ1v) is 13.3. The van der Waals surface area contributed by atoms with Crippen molar-refractivity contribution in [3.8, 4) is 11.5 Å². The molecule has 0 saturated carbocycles. The van der Waals surface area contributed by atoms with Gasteiger partial charge in [0.1, 0.15) is 0 Å². The molecular formula is C26H18Cl2INO5S. The quantitative estimate of drug-likeness (QED) is 0.114. The molecule has 184 valence electrons. The summed E-state index contributed by atoms with van der Waals surface area (Å²) in [5.41, 5.74) is 1.67. The largest absolute Gasteiger partial charge is 0.490 e. The Hall–Kier alpha value is -2.53. The molecule has 1 aliphatic heterocycles. The van der Waals surface area contributed by atoms with Crippen LogP contribution in [0.1, 0.15) is 28.4 Å². The van der Waals surface area contributed by atoms with Crippen molar-refractivity contribution in [3.05, 3.63) is 95.9 Å². The number of carbonyl (C=O) groups is 3. The van der Waals surface area contributed by atoms with Gasteiger partial charge in [-0.3, -0.25) is 14.5 Å². The van der Waals surface area contributed by atoms with Gasteiger partial charge in [-0.15, -0.1) is 0 Å². The van der Waals surface area contributed by atoms with Crippen LogP contribution in [0.2, 0.25) is 10.0 Å². The van der Waals surface area contributed by atoms with Crippen molar-refractivity contribution in [2.45, 2.75) is 13.5 Å². The fraction of sp³-hybridized carbons (Fsp3) is 0.115. The van der Waals surface area contributed by atoms with Gasteiger partial charge in [0.05, 0.1) is 23.6 Å². The van der Waals surface area contributed by atoms with Gasteiger partial charge in [0.2, 0.25) is 0 Å². The SMILES string of the molecule is CCOc1cc(/C=C2\SC(=O)N(Cc3ccc(Cl)cc3Cl)C2=O)ccc1OC(=O)c1ccccc1I. The van der Waals surface area contributed by atoms with E-state index in [4.69, 9.17) is 32.7 Å². The second-order valence-corrected chi connectivity index (χ2v) is 10.5. The van der Waals surface area contributed by atoms with Crippen molar-refractivity contribution in [1.82, 2.24) is 4.90 Å². The minimum Gasteiger partial charge on any atom is -0.490 e. The molecule has 0 N–H and O–H groups in total. The first kappa shape index (κ1) is 26.5. The lowest BCUT2D eigenvalue weighted by molar-refractivity contribution is -0.123. The van der Waals surface area contributed by atoms with Gasteiger partial charge < -0.3 is 9.47 Å². The van der Waals surface area contributed by atoms with E-state index in [9.17, 15) is 14.4 Å². The summed E-state index contributed by atoms with van der Waals surface area (Å²) in [4.78, 5) is 39.6. The summed E-state index contributed by atoms with van der Waals surface area (Å²) in [6.45, 7) is 2.19. The number of nitrogens with zero attached hydrogens (tertiary/aromatic N) is 1. The van der Waals surface area contributed by atoms with Crippen molar-refractivity contribution in [1.29, 1.82) is 0 Å². The molecule has 4 rings (SSSR count). The maximum absolute atomic E-state index is 13.0. The lowest BCUT2D eigenvalue weighted by Gasteiger charge is -2.14. The molecule has 36 heavy (non-hydrogen) atoms. The molecule has 0 bridgehead atoms. The topological polar surface area (TPSA) is 72.9 Å². The average Bonchev–Trinajstić information content (AvgIpc) is 3.10. The zero-order valence-electron chi connectivity index (χ0n) is 18.8. The van der Waals surface area contributed by atoms with Gasteiger partial charge >= 0.3 is 5.97 Å². The molecular weight excluding hydrogens is 636 g/mol. The number of rotatable bonds is 7. The van der Waals surface area contributed by atoms with Crippen LogP contribution in [0, 0.1) is 3.57 Å². The van der Waals surface area contributed by atoms with Gasteiger partial charge in [-0.2, -0.15) is 0 Å². The van der Waals surface area contributed by atoms with Crippen molar-refractivity contribution < 1.29 is 23.9 Å². The van der Waals surface area contributed by atoms with E-state index in [0.717, 1.165) is 20.2 Å². The van der Waals surface area contributed by atoms with E-state index in [1.807, 2.05) is 19.1 Å². The molecule has 1 heterocycles. The third-order valence-corrected chi connectivity index (χ3v) is 7.51. The van der Waals surface area contributed by atoms with Gasteiger partial charge in [0.15, 0.2) is 11.5 Å². The monoisotopic (exact) mass is 653 g/mol. The van der Waals surface area contributed by atoms with Crippen LogP contribution in [-0.4, -0.2) is 28.6 Å². The maximum atomic E-state index is 13.0. The molecule has 0 spiro atoms. The molecule has 10 heteroatoms. The molecule has 1 saturated heterocycles. The molecule has 0 aliphatic carbocycles. The van der Waals surface area contributed by atoms with Crippen LogP contribution in [0.15, 0.2) is 65.6 Å². The van der Waals surface area contributed by atoms with Gasteiger partial charge in [-0.25, -0.2) is 4.79 Å². The summed E-state index contributed by atoms with van der Waals surface area (Å²) in [7, 11) is 0. The molecule has 6 nitrogen and oxygen atoms in total. The predicted molar refractivity (Wildman–Crippen MR) is 150 cm³/mol. The third-order valence-electron chi connectivity index (χ3n) is 5.08. The van der Waals surface area contributed by atoms with Crippen LogP contribution in [0.25, 0.3) is 6.08 Å². The average molecular weight is 654 g/mol. The highest BCUT2D eigenvalue weighted by molar-refractivity contribution is 14.1. The Morgan fingerprint density at radius 2 is 1.83 bits per heavy atom. The molecule has 1 fully saturated rings. The number of thioether (sulfide) groups is 1. The number of ether oxygens (including phenoxy) is 2.